The Morgan fingerprint density at radius 1 is 0.708 bits per heavy atom. The zero-order chi connectivity index (χ0) is 18.2. The van der Waals surface area contributed by atoms with E-state index in [9.17, 15) is 9.59 Å². The van der Waals surface area contributed by atoms with Crippen LogP contribution in [0.1, 0.15) is 79.1 Å². The van der Waals surface area contributed by atoms with Crippen LogP contribution in [0.4, 0.5) is 0 Å². The summed E-state index contributed by atoms with van der Waals surface area (Å²) >= 11 is 0. The first-order chi connectivity index (χ1) is 11.4. The van der Waals surface area contributed by atoms with Gasteiger partial charge in [-0.25, -0.2) is 10.9 Å². The lowest BCUT2D eigenvalue weighted by molar-refractivity contribution is -0.122. The number of carbonyl (C=O) groups excluding carboxylic acids is 2. The summed E-state index contributed by atoms with van der Waals surface area (Å²) in [5, 5.41) is 7.77. The lowest BCUT2D eigenvalue weighted by Gasteiger charge is -2.03. The normalized spacial score (nSPS) is 11.8. The number of carbonyl (C=O) groups is 2. The second kappa shape index (κ2) is 14.8. The number of nitrogens with zero attached hydrogens (tertiary/aromatic N) is 2. The minimum atomic E-state index is -0.0227. The van der Waals surface area contributed by atoms with E-state index in [1.807, 2.05) is 27.7 Å². The molecule has 0 spiro atoms. The molecule has 0 saturated carbocycles. The average molecular weight is 338 g/mol. The molecule has 2 N–H and O–H groups in total. The summed E-state index contributed by atoms with van der Waals surface area (Å²) < 4.78 is 0. The molecule has 0 radical (unpaired) electrons. The van der Waals surface area contributed by atoms with Crippen LogP contribution in [0.3, 0.4) is 0 Å². The van der Waals surface area contributed by atoms with Crippen LogP contribution in [0.2, 0.25) is 0 Å². The van der Waals surface area contributed by atoms with Crippen LogP contribution in [0.25, 0.3) is 0 Å². The van der Waals surface area contributed by atoms with Crippen molar-refractivity contribution in [1.82, 2.24) is 10.9 Å². The van der Waals surface area contributed by atoms with Crippen LogP contribution in [-0.2, 0) is 9.59 Å². The predicted octanol–water partition coefficient (Wildman–Crippen LogP) is 3.62. The van der Waals surface area contributed by atoms with Gasteiger partial charge in [0.05, 0.1) is 0 Å². The molecule has 0 rings (SSSR count). The van der Waals surface area contributed by atoms with Crippen molar-refractivity contribution < 1.29 is 9.59 Å². The minimum absolute atomic E-state index is 0.0227. The fourth-order valence-corrected chi connectivity index (χ4v) is 1.91. The number of nitrogens with one attached hydrogen (secondary N) is 2. The standard InChI is InChI=1S/C18H34N4O2/c1-15(2)13-19-21-17(23)11-9-7-5-6-8-10-12-18(24)22-20-14-16(3)4/h13-16H,5-12H2,1-4H3,(H,21,23)(H,22,24)/b19-13-,20-14+. The molecule has 0 saturated heterocycles. The van der Waals surface area contributed by atoms with E-state index in [1.165, 1.54) is 0 Å². The Labute approximate surface area is 146 Å². The second-order valence-corrected chi connectivity index (χ2v) is 6.74. The first-order valence-electron chi connectivity index (χ1n) is 9.06. The van der Waals surface area contributed by atoms with E-state index in [0.717, 1.165) is 38.5 Å². The lowest BCUT2D eigenvalue weighted by atomic mass is 10.1. The molecule has 0 aliphatic carbocycles. The van der Waals surface area contributed by atoms with Crippen LogP contribution in [0.5, 0.6) is 0 Å². The fourth-order valence-electron chi connectivity index (χ4n) is 1.91. The monoisotopic (exact) mass is 338 g/mol. The Morgan fingerprint density at radius 3 is 1.38 bits per heavy atom. The van der Waals surface area contributed by atoms with E-state index in [2.05, 4.69) is 21.1 Å². The molecule has 6 nitrogen and oxygen atoms in total. The average Bonchev–Trinajstić information content (AvgIpc) is 2.49. The van der Waals surface area contributed by atoms with Crippen molar-refractivity contribution in [2.45, 2.75) is 79.1 Å². The molecule has 138 valence electrons. The van der Waals surface area contributed by atoms with Crippen molar-refractivity contribution in [2.24, 2.45) is 22.0 Å². The molecule has 0 aromatic rings. The number of hydrogen-bond donors (Lipinski definition) is 2. The first-order valence-corrected chi connectivity index (χ1v) is 9.06. The topological polar surface area (TPSA) is 82.9 Å². The maximum atomic E-state index is 11.5. The Hall–Kier alpha value is -1.72. The Kier molecular flexibility index (Phi) is 13.8. The fraction of sp³-hybridized carbons (Fsp3) is 0.778. The third kappa shape index (κ3) is 16.6. The number of hydrogen-bond acceptors (Lipinski definition) is 4. The van der Waals surface area contributed by atoms with E-state index in [1.54, 1.807) is 12.4 Å². The van der Waals surface area contributed by atoms with E-state index in [0.29, 0.717) is 24.7 Å². The highest BCUT2D eigenvalue weighted by molar-refractivity contribution is 5.77. The molecule has 24 heavy (non-hydrogen) atoms. The Morgan fingerprint density at radius 2 is 1.04 bits per heavy atom. The van der Waals surface area contributed by atoms with Gasteiger partial charge in [-0.15, -0.1) is 0 Å². The minimum Gasteiger partial charge on any atom is -0.273 e. The SMILES string of the molecule is CC(C)/C=N\NC(=O)CCCCCCCCC(=O)N/N=C/C(C)C. The molecule has 0 fully saturated rings. The summed E-state index contributed by atoms with van der Waals surface area (Å²) in [5.41, 5.74) is 5.07. The van der Waals surface area contributed by atoms with E-state index in [4.69, 9.17) is 0 Å². The summed E-state index contributed by atoms with van der Waals surface area (Å²) in [6.45, 7) is 8.05. The molecule has 0 aliphatic heterocycles. The van der Waals surface area contributed by atoms with Crippen LogP contribution < -0.4 is 10.9 Å². The maximum Gasteiger partial charge on any atom is 0.240 e. The summed E-state index contributed by atoms with van der Waals surface area (Å²) in [4.78, 5) is 23.0. The highest BCUT2D eigenvalue weighted by atomic mass is 16.2. The summed E-state index contributed by atoms with van der Waals surface area (Å²) in [5.74, 6) is 0.639. The third-order valence-electron chi connectivity index (χ3n) is 3.18. The van der Waals surface area contributed by atoms with E-state index in [-0.39, 0.29) is 11.8 Å². The van der Waals surface area contributed by atoms with Crippen LogP contribution in [0.15, 0.2) is 10.2 Å². The largest absolute Gasteiger partial charge is 0.273 e. The van der Waals surface area contributed by atoms with E-state index < -0.39 is 0 Å². The Bertz CT molecular complexity index is 366. The molecule has 6 heteroatoms. The molecule has 2 amide bonds. The van der Waals surface area contributed by atoms with Gasteiger partial charge in [-0.2, -0.15) is 10.2 Å². The maximum absolute atomic E-state index is 11.5. The number of hydrazone groups is 2. The smallest absolute Gasteiger partial charge is 0.240 e. The molecule has 0 heterocycles. The second-order valence-electron chi connectivity index (χ2n) is 6.74. The molecule has 0 aliphatic rings. The zero-order valence-electron chi connectivity index (χ0n) is 15.7. The van der Waals surface area contributed by atoms with Gasteiger partial charge < -0.3 is 0 Å². The number of unbranched alkanes of at least 4 members (excludes halogenated alkanes) is 5. The molecular weight excluding hydrogens is 304 g/mol. The highest BCUT2D eigenvalue weighted by Gasteiger charge is 2.01. The predicted molar refractivity (Wildman–Crippen MR) is 99.9 cm³/mol. The molecule has 0 aromatic heterocycles. The van der Waals surface area contributed by atoms with E-state index >= 15 is 0 Å². The van der Waals surface area contributed by atoms with Crippen molar-refractivity contribution in [2.75, 3.05) is 0 Å². The van der Waals surface area contributed by atoms with Crippen LogP contribution >= 0.6 is 0 Å². The van der Waals surface area contributed by atoms with Gasteiger partial charge in [-0.1, -0.05) is 53.4 Å². The summed E-state index contributed by atoms with van der Waals surface area (Å²) in [6, 6.07) is 0. The zero-order valence-corrected chi connectivity index (χ0v) is 15.7. The summed E-state index contributed by atoms with van der Waals surface area (Å²) in [7, 11) is 0. The van der Waals surface area contributed by atoms with Crippen molar-refractivity contribution in [3.05, 3.63) is 0 Å². The van der Waals surface area contributed by atoms with Crippen molar-refractivity contribution in [3.63, 3.8) is 0 Å². The molecule has 0 atom stereocenters. The van der Waals surface area contributed by atoms with Gasteiger partial charge in [0, 0.05) is 25.3 Å². The quantitative estimate of drug-likeness (QED) is 0.305. The highest BCUT2D eigenvalue weighted by Crippen LogP contribution is 2.08. The summed E-state index contributed by atoms with van der Waals surface area (Å²) in [6.07, 6.45) is 10.5. The van der Waals surface area contributed by atoms with Crippen molar-refractivity contribution in [1.29, 1.82) is 0 Å². The molecule has 0 aromatic carbocycles. The van der Waals surface area contributed by atoms with Crippen molar-refractivity contribution in [3.8, 4) is 0 Å². The first kappa shape index (κ1) is 22.3. The van der Waals surface area contributed by atoms with Gasteiger partial charge in [0.1, 0.15) is 0 Å². The Balaban J connectivity index is 3.42. The number of amides is 2. The lowest BCUT2D eigenvalue weighted by Crippen LogP contribution is -2.17. The van der Waals surface area contributed by atoms with Gasteiger partial charge in [0.15, 0.2) is 0 Å². The van der Waals surface area contributed by atoms with Gasteiger partial charge >= 0.3 is 0 Å². The van der Waals surface area contributed by atoms with Gasteiger partial charge in [-0.05, 0) is 24.7 Å². The van der Waals surface area contributed by atoms with Crippen molar-refractivity contribution >= 4 is 24.2 Å². The van der Waals surface area contributed by atoms with Gasteiger partial charge in [0.25, 0.3) is 0 Å². The van der Waals surface area contributed by atoms with Gasteiger partial charge in [-0.3, -0.25) is 9.59 Å². The third-order valence-corrected chi connectivity index (χ3v) is 3.18. The molecular formula is C18H34N4O2. The number of rotatable bonds is 13. The molecule has 0 bridgehead atoms. The van der Waals surface area contributed by atoms with Gasteiger partial charge in [0.2, 0.25) is 11.8 Å². The molecule has 0 unspecified atom stereocenters. The van der Waals surface area contributed by atoms with Crippen LogP contribution in [0, 0.1) is 11.8 Å². The van der Waals surface area contributed by atoms with Crippen LogP contribution in [-0.4, -0.2) is 24.2 Å².